The van der Waals surface area contributed by atoms with Gasteiger partial charge in [-0.1, -0.05) is 0 Å². The lowest BCUT2D eigenvalue weighted by Crippen LogP contribution is -2.27. The molecule has 1 fully saturated rings. The molecule has 0 aliphatic heterocycles. The molecule has 0 unspecified atom stereocenters. The zero-order valence-electron chi connectivity index (χ0n) is 10.1. The first kappa shape index (κ1) is 13.1. The number of anilines is 2. The van der Waals surface area contributed by atoms with Gasteiger partial charge < -0.3 is 11.1 Å². The number of rotatable bonds is 3. The average Bonchev–Trinajstić information content (AvgIpc) is 2.34. The van der Waals surface area contributed by atoms with E-state index in [0.29, 0.717) is 6.04 Å². The van der Waals surface area contributed by atoms with E-state index in [-0.39, 0.29) is 0 Å². The molecule has 1 aliphatic carbocycles. The fourth-order valence-corrected chi connectivity index (χ4v) is 3.57. The average molecular weight is 315 g/mol. The quantitative estimate of drug-likeness (QED) is 0.824. The smallest absolute Gasteiger partial charge is 0.0488 e. The predicted molar refractivity (Wildman–Crippen MR) is 81.7 cm³/mol. The van der Waals surface area contributed by atoms with Crippen LogP contribution in [0.4, 0.5) is 11.4 Å². The van der Waals surface area contributed by atoms with Gasteiger partial charge in [-0.15, -0.1) is 0 Å². The van der Waals surface area contributed by atoms with Crippen molar-refractivity contribution in [1.29, 1.82) is 0 Å². The van der Waals surface area contributed by atoms with E-state index in [1.807, 2.05) is 23.9 Å². The number of hydrogen-bond acceptors (Lipinski definition) is 3. The normalized spacial score (nSPS) is 24.6. The maximum Gasteiger partial charge on any atom is 0.0488 e. The topological polar surface area (TPSA) is 38.0 Å². The van der Waals surface area contributed by atoms with E-state index in [1.165, 1.54) is 25.7 Å². The molecule has 0 aromatic heterocycles. The Morgan fingerprint density at radius 1 is 1.29 bits per heavy atom. The number of hydrogen-bond donors (Lipinski definition) is 2. The number of nitrogens with two attached hydrogens (primary N) is 1. The molecule has 94 valence electrons. The first-order chi connectivity index (χ1) is 8.19. The number of benzene rings is 1. The van der Waals surface area contributed by atoms with E-state index in [2.05, 4.69) is 33.6 Å². The third-order valence-electron chi connectivity index (χ3n) is 3.36. The van der Waals surface area contributed by atoms with Crippen molar-refractivity contribution in [2.75, 3.05) is 17.3 Å². The van der Waals surface area contributed by atoms with Crippen LogP contribution in [0.2, 0.25) is 0 Å². The summed E-state index contributed by atoms with van der Waals surface area (Å²) in [5, 5.41) is 4.47. The van der Waals surface area contributed by atoms with Gasteiger partial charge in [0.1, 0.15) is 0 Å². The van der Waals surface area contributed by atoms with Gasteiger partial charge in [-0.3, -0.25) is 0 Å². The van der Waals surface area contributed by atoms with Crippen LogP contribution in [-0.2, 0) is 0 Å². The molecular weight excluding hydrogens is 296 g/mol. The van der Waals surface area contributed by atoms with E-state index in [9.17, 15) is 0 Å². The van der Waals surface area contributed by atoms with Crippen LogP contribution in [0, 0.1) is 0 Å². The summed E-state index contributed by atoms with van der Waals surface area (Å²) in [4.78, 5) is 0. The summed E-state index contributed by atoms with van der Waals surface area (Å²) in [6.45, 7) is 0. The Morgan fingerprint density at radius 2 is 2.00 bits per heavy atom. The van der Waals surface area contributed by atoms with Crippen molar-refractivity contribution in [3.05, 3.63) is 22.7 Å². The van der Waals surface area contributed by atoms with Crippen LogP contribution in [0.3, 0.4) is 0 Å². The van der Waals surface area contributed by atoms with Crippen LogP contribution in [0.5, 0.6) is 0 Å². The Kier molecular flexibility index (Phi) is 4.62. The fourth-order valence-electron chi connectivity index (χ4n) is 2.31. The summed E-state index contributed by atoms with van der Waals surface area (Å²) < 4.78 is 1.06. The Bertz CT molecular complexity index is 376. The van der Waals surface area contributed by atoms with Gasteiger partial charge in [0, 0.05) is 27.1 Å². The fraction of sp³-hybridized carbons (Fsp3) is 0.538. The molecule has 0 amide bonds. The van der Waals surface area contributed by atoms with E-state index >= 15 is 0 Å². The zero-order valence-corrected chi connectivity index (χ0v) is 12.5. The number of nitrogen functional groups attached to an aromatic ring is 1. The largest absolute Gasteiger partial charge is 0.399 e. The highest BCUT2D eigenvalue weighted by molar-refractivity contribution is 9.10. The molecule has 1 aromatic carbocycles. The van der Waals surface area contributed by atoms with Crippen LogP contribution in [-0.4, -0.2) is 17.5 Å². The molecular formula is C13H19BrN2S. The van der Waals surface area contributed by atoms with Crippen molar-refractivity contribution < 1.29 is 0 Å². The predicted octanol–water partition coefficient (Wildman–Crippen LogP) is 4.12. The molecule has 0 atom stereocenters. The van der Waals surface area contributed by atoms with Crippen molar-refractivity contribution in [2.45, 2.75) is 37.0 Å². The van der Waals surface area contributed by atoms with Gasteiger partial charge in [0.15, 0.2) is 0 Å². The SMILES string of the molecule is CSC1CCC(Nc2ccc(N)cc2Br)CC1. The van der Waals surface area contributed by atoms with Gasteiger partial charge >= 0.3 is 0 Å². The van der Waals surface area contributed by atoms with Gasteiger partial charge in [-0.2, -0.15) is 11.8 Å². The third-order valence-corrected chi connectivity index (χ3v) is 5.15. The molecule has 1 aliphatic rings. The Morgan fingerprint density at radius 3 is 2.59 bits per heavy atom. The Balaban J connectivity index is 1.93. The lowest BCUT2D eigenvalue weighted by molar-refractivity contribution is 0.473. The van der Waals surface area contributed by atoms with E-state index in [4.69, 9.17) is 5.73 Å². The Labute approximate surface area is 116 Å². The molecule has 0 heterocycles. The summed E-state index contributed by atoms with van der Waals surface area (Å²) in [6.07, 6.45) is 7.40. The van der Waals surface area contributed by atoms with Crippen molar-refractivity contribution in [1.82, 2.24) is 0 Å². The standard InChI is InChI=1S/C13H19BrN2S/c1-17-11-5-3-10(4-6-11)16-13-7-2-9(15)8-12(13)14/h2,7-8,10-11,16H,3-6,15H2,1H3. The zero-order chi connectivity index (χ0) is 12.3. The highest BCUT2D eigenvalue weighted by Crippen LogP contribution is 2.31. The molecule has 17 heavy (non-hydrogen) atoms. The monoisotopic (exact) mass is 314 g/mol. The molecule has 2 rings (SSSR count). The second-order valence-electron chi connectivity index (χ2n) is 4.59. The molecule has 3 N–H and O–H groups in total. The maximum atomic E-state index is 5.74. The lowest BCUT2D eigenvalue weighted by atomic mass is 9.95. The van der Waals surface area contributed by atoms with Crippen LogP contribution in [0.15, 0.2) is 22.7 Å². The molecule has 0 bridgehead atoms. The van der Waals surface area contributed by atoms with Gasteiger partial charge in [0.25, 0.3) is 0 Å². The summed E-state index contributed by atoms with van der Waals surface area (Å²) in [5.74, 6) is 0. The van der Waals surface area contributed by atoms with Crippen molar-refractivity contribution >= 4 is 39.1 Å². The van der Waals surface area contributed by atoms with Crippen molar-refractivity contribution in [3.8, 4) is 0 Å². The first-order valence-corrected chi connectivity index (χ1v) is 8.11. The minimum atomic E-state index is 0.610. The van der Waals surface area contributed by atoms with Crippen molar-refractivity contribution in [3.63, 3.8) is 0 Å². The van der Waals surface area contributed by atoms with Crippen LogP contribution >= 0.6 is 27.7 Å². The first-order valence-electron chi connectivity index (χ1n) is 6.03. The van der Waals surface area contributed by atoms with E-state index < -0.39 is 0 Å². The summed E-state index contributed by atoms with van der Waals surface area (Å²) in [6, 6.07) is 6.56. The highest BCUT2D eigenvalue weighted by atomic mass is 79.9. The van der Waals surface area contributed by atoms with Gasteiger partial charge in [0.2, 0.25) is 0 Å². The minimum Gasteiger partial charge on any atom is -0.399 e. The summed E-state index contributed by atoms with van der Waals surface area (Å²) >= 11 is 5.56. The summed E-state index contributed by atoms with van der Waals surface area (Å²) in [7, 11) is 0. The third kappa shape index (κ3) is 3.55. The molecule has 0 spiro atoms. The lowest BCUT2D eigenvalue weighted by Gasteiger charge is -2.29. The molecule has 4 heteroatoms. The van der Waals surface area contributed by atoms with Gasteiger partial charge in [-0.25, -0.2) is 0 Å². The molecule has 1 aromatic rings. The highest BCUT2D eigenvalue weighted by Gasteiger charge is 2.20. The Hall–Kier alpha value is -0.350. The van der Waals surface area contributed by atoms with Gasteiger partial charge in [0.05, 0.1) is 0 Å². The second kappa shape index (κ2) is 6.01. The number of thioether (sulfide) groups is 1. The second-order valence-corrected chi connectivity index (χ2v) is 6.59. The molecule has 0 saturated heterocycles. The molecule has 0 radical (unpaired) electrons. The van der Waals surface area contributed by atoms with Gasteiger partial charge in [-0.05, 0) is 66.1 Å². The maximum absolute atomic E-state index is 5.74. The van der Waals surface area contributed by atoms with E-state index in [1.54, 1.807) is 0 Å². The van der Waals surface area contributed by atoms with Crippen LogP contribution in [0.25, 0.3) is 0 Å². The minimum absolute atomic E-state index is 0.610. The number of halogens is 1. The van der Waals surface area contributed by atoms with Crippen LogP contribution < -0.4 is 11.1 Å². The molecule has 1 saturated carbocycles. The van der Waals surface area contributed by atoms with Crippen LogP contribution in [0.1, 0.15) is 25.7 Å². The number of nitrogens with one attached hydrogen (secondary N) is 1. The van der Waals surface area contributed by atoms with Crippen molar-refractivity contribution in [2.24, 2.45) is 0 Å². The van der Waals surface area contributed by atoms with E-state index in [0.717, 1.165) is 21.1 Å². The summed E-state index contributed by atoms with van der Waals surface area (Å²) in [5.41, 5.74) is 7.69. The molecule has 2 nitrogen and oxygen atoms in total.